The van der Waals surface area contributed by atoms with E-state index >= 15 is 0 Å². The molecule has 4 aromatic rings. The summed E-state index contributed by atoms with van der Waals surface area (Å²) in [7, 11) is 0. The Morgan fingerprint density at radius 2 is 1.19 bits per heavy atom. The number of hydrogen-bond acceptors (Lipinski definition) is 14. The largest absolute Gasteiger partial charge is 1.00 e. The predicted octanol–water partition coefficient (Wildman–Crippen LogP) is 6.17. The van der Waals surface area contributed by atoms with Crippen molar-refractivity contribution in [3.8, 4) is 0 Å². The van der Waals surface area contributed by atoms with Gasteiger partial charge in [0.1, 0.15) is 11.2 Å². The van der Waals surface area contributed by atoms with Gasteiger partial charge in [-0.05, 0) is 101 Å². The first-order valence-corrected chi connectivity index (χ1v) is 22.1. The molecule has 0 saturated heterocycles. The molecule has 3 N–H and O–H groups in total. The number of ether oxygens (including phenoxy) is 2. The summed E-state index contributed by atoms with van der Waals surface area (Å²) >= 11 is 7.00. The molecule has 0 aliphatic carbocycles. The normalized spacial score (nSPS) is 16.3. The molecule has 0 spiro atoms. The van der Waals surface area contributed by atoms with Crippen LogP contribution in [0.4, 0.5) is 9.59 Å². The van der Waals surface area contributed by atoms with Gasteiger partial charge in [0, 0.05) is 64.3 Å². The first-order valence-electron chi connectivity index (χ1n) is 20.5. The predicted molar refractivity (Wildman–Crippen MR) is 243 cm³/mol. The molecular weight excluding hydrogens is 981 g/mol. The van der Waals surface area contributed by atoms with Crippen LogP contribution in [-0.2, 0) is 37.9 Å². The third kappa shape index (κ3) is 17.4. The maximum absolute atomic E-state index is 13.0. The molecule has 2 atom stereocenters. The molecule has 4 heterocycles. The Balaban J connectivity index is 0.000000365. The smallest absolute Gasteiger partial charge is 0.870 e. The van der Waals surface area contributed by atoms with Crippen molar-refractivity contribution in [2.24, 2.45) is 5.73 Å². The van der Waals surface area contributed by atoms with Gasteiger partial charge in [-0.25, -0.2) is 14.6 Å². The minimum Gasteiger partial charge on any atom is -0.870 e. The summed E-state index contributed by atoms with van der Waals surface area (Å²) in [5.74, 6) is 0.546. The maximum atomic E-state index is 13.0. The molecule has 2 amide bonds. The molecule has 2 aliphatic heterocycles. The number of Topliss-reactive ketones (excluding diaryl/α,β-unsaturated/α-hetero) is 1. The van der Waals surface area contributed by atoms with Crippen molar-refractivity contribution >= 4 is 56.1 Å². The van der Waals surface area contributed by atoms with Crippen LogP contribution in [0.2, 0.25) is 0 Å². The Labute approximate surface area is 435 Å². The SMILES string of the molecule is CC(C)(C)OC(=O)N1CCc2cc(Br)ccc2C(CC(=O)c2noc(C(C)(C)C)n2)C1.CC(C)(C)OC(=O)N1CCc2cc(Br)ccc2C(N)C1.CC(C)(C)c1nc([C-]=O)no1.[K+].[OH-]. The Morgan fingerprint density at radius 3 is 1.62 bits per heavy atom. The number of amides is 2. The number of rotatable bonds is 4. The molecule has 16 nitrogen and oxygen atoms in total. The van der Waals surface area contributed by atoms with Gasteiger partial charge in [-0.15, -0.1) is 0 Å². The molecule has 0 saturated carbocycles. The van der Waals surface area contributed by atoms with E-state index in [2.05, 4.69) is 64.3 Å². The maximum Gasteiger partial charge on any atom is 1.00 e. The minimum atomic E-state index is -0.585. The van der Waals surface area contributed by atoms with E-state index in [4.69, 9.17) is 24.3 Å². The average molecular weight is 1040 g/mol. The number of nitrogens with two attached hydrogens (primary N) is 1. The first-order chi connectivity index (χ1) is 28.6. The molecule has 2 aromatic carbocycles. The molecule has 0 radical (unpaired) electrons. The fourth-order valence-electron chi connectivity index (χ4n) is 6.42. The van der Waals surface area contributed by atoms with Crippen LogP contribution in [0.15, 0.2) is 54.4 Å². The number of hydrogen-bond donors (Lipinski definition) is 1. The number of fused-ring (bicyclic) bond motifs is 2. The summed E-state index contributed by atoms with van der Waals surface area (Å²) in [6.45, 7) is 24.8. The van der Waals surface area contributed by atoms with Gasteiger partial charge in [0.15, 0.2) is 0 Å². The van der Waals surface area contributed by atoms with Gasteiger partial charge < -0.3 is 44.3 Å². The van der Waals surface area contributed by atoms with Crippen molar-refractivity contribution in [3.63, 3.8) is 0 Å². The van der Waals surface area contributed by atoms with Gasteiger partial charge in [0.2, 0.25) is 23.4 Å². The zero-order chi connectivity index (χ0) is 46.4. The monoisotopic (exact) mass is 1040 g/mol. The molecule has 0 fully saturated rings. The van der Waals surface area contributed by atoms with Gasteiger partial charge in [0.05, 0.1) is 5.82 Å². The third-order valence-corrected chi connectivity index (χ3v) is 10.4. The molecule has 6 rings (SSSR count). The van der Waals surface area contributed by atoms with Gasteiger partial charge in [-0.3, -0.25) is 4.79 Å². The van der Waals surface area contributed by atoms with E-state index in [0.717, 1.165) is 32.1 Å². The first kappa shape index (κ1) is 57.2. The Morgan fingerprint density at radius 1 is 0.734 bits per heavy atom. The van der Waals surface area contributed by atoms with Crippen molar-refractivity contribution in [2.75, 3.05) is 26.2 Å². The molecule has 2 aliphatic rings. The molecule has 64 heavy (non-hydrogen) atoms. The average Bonchev–Trinajstić information content (AvgIpc) is 3.79. The van der Waals surface area contributed by atoms with E-state index in [1.807, 2.05) is 107 Å². The van der Waals surface area contributed by atoms with E-state index in [9.17, 15) is 19.2 Å². The summed E-state index contributed by atoms with van der Waals surface area (Å²) in [6, 6.07) is 12.0. The number of halogens is 2. The van der Waals surface area contributed by atoms with E-state index in [1.54, 1.807) is 16.1 Å². The molecule has 19 heteroatoms. The summed E-state index contributed by atoms with van der Waals surface area (Å²) in [6.07, 6.45) is 2.55. The van der Waals surface area contributed by atoms with Crippen LogP contribution in [0.3, 0.4) is 0 Å². The van der Waals surface area contributed by atoms with Crippen LogP contribution in [-0.4, -0.2) is 97.2 Å². The standard InChI is InChI=1S/C23H30BrN3O4.C15H21BrN2O2.C7H9N2O2.K.H2O/c1-22(2,3)20-25-19(26-31-20)18(28)12-15-13-27(21(29)30-23(4,5)6)10-9-14-11-16(24)7-8-17(14)15;1-15(2,3)20-14(19)18-7-6-10-8-11(16)4-5-12(10)13(17)9-18;1-7(2,3)6-8-5(4-10)9-11-6;;/h7-8,11,15H,9-10,12-13H2,1-6H3;4-5,8,13H,6-7,9,17H2,1-3H3;1-3H3;;1H2/q;;-1;+1;/p-1. The number of carbonyl (C=O) groups is 3. The molecule has 2 aromatic heterocycles. The Hall–Kier alpha value is -2.88. The van der Waals surface area contributed by atoms with E-state index < -0.39 is 11.2 Å². The van der Waals surface area contributed by atoms with Gasteiger partial charge >= 0.3 is 63.6 Å². The van der Waals surface area contributed by atoms with Crippen molar-refractivity contribution < 1.29 is 94.6 Å². The zero-order valence-corrected chi connectivity index (χ0v) is 45.6. The zero-order valence-electron chi connectivity index (χ0n) is 39.3. The minimum absolute atomic E-state index is 0. The summed E-state index contributed by atoms with van der Waals surface area (Å²) in [5.41, 5.74) is 9.09. The summed E-state index contributed by atoms with van der Waals surface area (Å²) < 4.78 is 23.1. The van der Waals surface area contributed by atoms with Gasteiger partial charge in [-0.2, -0.15) is 11.3 Å². The van der Waals surface area contributed by atoms with E-state index in [0.29, 0.717) is 44.4 Å². The second-order valence-corrected chi connectivity index (χ2v) is 21.2. The fraction of sp³-hybridized carbons (Fsp3) is 0.556. The summed E-state index contributed by atoms with van der Waals surface area (Å²) in [5, 5.41) is 7.29. The van der Waals surface area contributed by atoms with Crippen molar-refractivity contribution in [1.82, 2.24) is 30.1 Å². The Bertz CT molecular complexity index is 2200. The molecule has 2 unspecified atom stereocenters. The van der Waals surface area contributed by atoms with E-state index in [1.165, 1.54) is 5.56 Å². The fourth-order valence-corrected chi connectivity index (χ4v) is 7.24. The van der Waals surface area contributed by atoms with Crippen molar-refractivity contribution in [3.05, 3.63) is 91.0 Å². The number of ketones is 1. The van der Waals surface area contributed by atoms with Crippen LogP contribution in [0.25, 0.3) is 0 Å². The number of nitrogens with zero attached hydrogens (tertiary/aromatic N) is 6. The second-order valence-electron chi connectivity index (χ2n) is 19.4. The van der Waals surface area contributed by atoms with Crippen LogP contribution in [0.1, 0.15) is 152 Å². The molecule has 346 valence electrons. The Kier molecular flexibility index (Phi) is 21.2. The van der Waals surface area contributed by atoms with Crippen LogP contribution in [0, 0.1) is 0 Å². The van der Waals surface area contributed by atoms with Crippen molar-refractivity contribution in [1.29, 1.82) is 0 Å². The summed E-state index contributed by atoms with van der Waals surface area (Å²) in [4.78, 5) is 59.5. The van der Waals surface area contributed by atoms with Gasteiger partial charge in [0.25, 0.3) is 0 Å². The second kappa shape index (κ2) is 23.7. The quantitative estimate of drug-likeness (QED) is 0.137. The van der Waals surface area contributed by atoms with Crippen LogP contribution < -0.4 is 57.1 Å². The number of carbonyl (C=O) groups excluding carboxylic acids is 4. The van der Waals surface area contributed by atoms with Gasteiger partial charge in [-0.1, -0.05) is 95.8 Å². The number of benzene rings is 2. The van der Waals surface area contributed by atoms with E-state index in [-0.39, 0.29) is 116 Å². The molecular formula is C45H61Br2KN7O9-. The van der Waals surface area contributed by atoms with Crippen LogP contribution in [0.5, 0.6) is 0 Å². The van der Waals surface area contributed by atoms with Crippen LogP contribution >= 0.6 is 31.9 Å². The number of aromatic nitrogens is 4. The van der Waals surface area contributed by atoms with Crippen molar-refractivity contribution in [2.45, 2.75) is 136 Å². The topological polar surface area (TPSA) is 227 Å². The molecule has 0 bridgehead atoms. The third-order valence-electron chi connectivity index (χ3n) is 9.42.